The maximum atomic E-state index is 12.7. The van der Waals surface area contributed by atoms with Gasteiger partial charge in [-0.25, -0.2) is 0 Å². The average Bonchev–Trinajstić information content (AvgIpc) is 2.68. The van der Waals surface area contributed by atoms with Crippen LogP contribution in [0.25, 0.3) is 0 Å². The van der Waals surface area contributed by atoms with Crippen molar-refractivity contribution in [2.75, 3.05) is 18.1 Å². The summed E-state index contributed by atoms with van der Waals surface area (Å²) in [7, 11) is 1.66. The predicted octanol–water partition coefficient (Wildman–Crippen LogP) is 2.46. The van der Waals surface area contributed by atoms with Crippen molar-refractivity contribution < 1.29 is 4.79 Å². The number of hydrogen-bond acceptors (Lipinski definition) is 7. The van der Waals surface area contributed by atoms with Gasteiger partial charge in [-0.15, -0.1) is 0 Å². The number of aryl methyl sites for hydroxylation is 1. The molecule has 0 radical (unpaired) electrons. The molecule has 1 aromatic heterocycles. The maximum Gasteiger partial charge on any atom is 0.259 e. The summed E-state index contributed by atoms with van der Waals surface area (Å²) in [6.45, 7) is 9.51. The highest BCUT2D eigenvalue weighted by atomic mass is 16.1. The standard InChI is InChI=1S/C21H29N7O/c1-6-19(27-12-18(13(2)3)15(8-22)10-25-5)17(9-23)21(29)28-20-7-16(24)11-26-14(20)4/h6-13H,1,22-24H2,2-5H3,(H,28,29)/b15-8+,17-9+,18-12+,25-10?,27-19+. The number of anilines is 2. The zero-order valence-electron chi connectivity index (χ0n) is 17.3. The monoisotopic (exact) mass is 395 g/mol. The van der Waals surface area contributed by atoms with Crippen LogP contribution in [-0.4, -0.2) is 29.9 Å². The van der Waals surface area contributed by atoms with E-state index in [0.29, 0.717) is 22.8 Å². The Morgan fingerprint density at radius 2 is 2.00 bits per heavy atom. The third-order valence-electron chi connectivity index (χ3n) is 3.98. The highest BCUT2D eigenvalue weighted by Crippen LogP contribution is 2.19. The number of aromatic nitrogens is 1. The van der Waals surface area contributed by atoms with Crippen LogP contribution in [0.4, 0.5) is 11.4 Å². The number of carbonyl (C=O) groups is 1. The van der Waals surface area contributed by atoms with Crippen molar-refractivity contribution in [1.82, 2.24) is 4.98 Å². The predicted molar refractivity (Wildman–Crippen MR) is 122 cm³/mol. The van der Waals surface area contributed by atoms with E-state index in [0.717, 1.165) is 11.1 Å². The quantitative estimate of drug-likeness (QED) is 0.303. The lowest BCUT2D eigenvalue weighted by Gasteiger charge is -2.12. The molecule has 0 aliphatic carbocycles. The van der Waals surface area contributed by atoms with E-state index in [9.17, 15) is 4.79 Å². The first-order valence-electron chi connectivity index (χ1n) is 8.99. The Bertz CT molecular complexity index is 906. The number of nitrogens with zero attached hydrogens (tertiary/aromatic N) is 3. The molecule has 8 heteroatoms. The zero-order chi connectivity index (χ0) is 22.0. The van der Waals surface area contributed by atoms with Gasteiger partial charge < -0.3 is 22.5 Å². The summed E-state index contributed by atoms with van der Waals surface area (Å²) in [5, 5.41) is 2.75. The van der Waals surface area contributed by atoms with Crippen LogP contribution in [0.1, 0.15) is 19.5 Å². The van der Waals surface area contributed by atoms with Crippen molar-refractivity contribution in [2.24, 2.45) is 27.4 Å². The number of allylic oxidation sites excluding steroid dienone is 3. The third kappa shape index (κ3) is 6.46. The zero-order valence-corrected chi connectivity index (χ0v) is 17.3. The fourth-order valence-electron chi connectivity index (χ4n) is 2.42. The molecule has 7 N–H and O–H groups in total. The molecule has 1 rings (SSSR count). The van der Waals surface area contributed by atoms with Crippen LogP contribution >= 0.6 is 0 Å². The average molecular weight is 396 g/mol. The normalized spacial score (nSPS) is 13.8. The van der Waals surface area contributed by atoms with E-state index in [-0.39, 0.29) is 11.5 Å². The van der Waals surface area contributed by atoms with Crippen LogP contribution in [0.15, 0.2) is 70.2 Å². The van der Waals surface area contributed by atoms with Crippen LogP contribution < -0.4 is 22.5 Å². The molecular weight excluding hydrogens is 366 g/mol. The maximum absolute atomic E-state index is 12.7. The lowest BCUT2D eigenvalue weighted by molar-refractivity contribution is -0.112. The minimum absolute atomic E-state index is 0.123. The van der Waals surface area contributed by atoms with Gasteiger partial charge in [0.15, 0.2) is 0 Å². The molecule has 0 aliphatic rings. The molecule has 8 nitrogen and oxygen atoms in total. The van der Waals surface area contributed by atoms with E-state index in [4.69, 9.17) is 17.2 Å². The Kier molecular flexibility index (Phi) is 9.04. The van der Waals surface area contributed by atoms with Gasteiger partial charge in [-0.3, -0.25) is 19.8 Å². The number of aliphatic imine (C=N–C) groups is 2. The number of rotatable bonds is 8. The van der Waals surface area contributed by atoms with Crippen molar-refractivity contribution in [2.45, 2.75) is 20.8 Å². The molecule has 0 saturated carbocycles. The fourth-order valence-corrected chi connectivity index (χ4v) is 2.42. The van der Waals surface area contributed by atoms with Gasteiger partial charge in [-0.05, 0) is 30.6 Å². The van der Waals surface area contributed by atoms with Crippen molar-refractivity contribution in [1.29, 1.82) is 0 Å². The molecule has 0 atom stereocenters. The van der Waals surface area contributed by atoms with Crippen LogP contribution in [0, 0.1) is 12.8 Å². The summed E-state index contributed by atoms with van der Waals surface area (Å²) in [6, 6.07) is 1.62. The molecule has 29 heavy (non-hydrogen) atoms. The molecule has 0 aromatic carbocycles. The van der Waals surface area contributed by atoms with E-state index >= 15 is 0 Å². The summed E-state index contributed by atoms with van der Waals surface area (Å²) < 4.78 is 0. The molecular formula is C21H29N7O. The molecule has 1 heterocycles. The lowest BCUT2D eigenvalue weighted by atomic mass is 9.97. The van der Waals surface area contributed by atoms with Gasteiger partial charge in [0.05, 0.1) is 34.6 Å². The molecule has 0 unspecified atom stereocenters. The SMILES string of the molecule is C=CC(=N\C=C(\C(C=NC)=C\N)C(C)C)/C(=C\N)C(=O)Nc1cc(N)cnc1C. The smallest absolute Gasteiger partial charge is 0.259 e. The van der Waals surface area contributed by atoms with Crippen molar-refractivity contribution >= 4 is 29.2 Å². The second-order valence-corrected chi connectivity index (χ2v) is 6.40. The number of nitrogens with one attached hydrogen (secondary N) is 1. The number of pyridine rings is 1. The van der Waals surface area contributed by atoms with Crippen molar-refractivity contribution in [3.63, 3.8) is 0 Å². The van der Waals surface area contributed by atoms with E-state index in [1.54, 1.807) is 32.5 Å². The largest absolute Gasteiger partial charge is 0.404 e. The Morgan fingerprint density at radius 1 is 1.31 bits per heavy atom. The summed E-state index contributed by atoms with van der Waals surface area (Å²) >= 11 is 0. The van der Waals surface area contributed by atoms with E-state index < -0.39 is 5.91 Å². The number of hydrogen-bond donors (Lipinski definition) is 4. The second-order valence-electron chi connectivity index (χ2n) is 6.40. The van der Waals surface area contributed by atoms with Crippen LogP contribution in [-0.2, 0) is 4.79 Å². The van der Waals surface area contributed by atoms with E-state index in [1.807, 2.05) is 13.8 Å². The van der Waals surface area contributed by atoms with E-state index in [1.165, 1.54) is 24.7 Å². The van der Waals surface area contributed by atoms with Crippen LogP contribution in [0.3, 0.4) is 0 Å². The van der Waals surface area contributed by atoms with Crippen molar-refractivity contribution in [3.05, 3.63) is 65.9 Å². The highest BCUT2D eigenvalue weighted by Gasteiger charge is 2.16. The molecule has 0 aliphatic heterocycles. The van der Waals surface area contributed by atoms with Gasteiger partial charge in [0.2, 0.25) is 0 Å². The van der Waals surface area contributed by atoms with Gasteiger partial charge in [0, 0.05) is 37.4 Å². The molecule has 1 amide bonds. The Labute approximate surface area is 171 Å². The number of amides is 1. The third-order valence-corrected chi connectivity index (χ3v) is 3.98. The second kappa shape index (κ2) is 11.2. The Morgan fingerprint density at radius 3 is 2.52 bits per heavy atom. The number of nitrogens with two attached hydrogens (primary N) is 3. The molecule has 154 valence electrons. The number of nitrogen functional groups attached to an aromatic ring is 1. The first-order valence-corrected chi connectivity index (χ1v) is 8.99. The summed E-state index contributed by atoms with van der Waals surface area (Å²) in [6.07, 6.45) is 8.90. The van der Waals surface area contributed by atoms with Gasteiger partial charge in [-0.1, -0.05) is 20.4 Å². The highest BCUT2D eigenvalue weighted by molar-refractivity contribution is 6.28. The fraction of sp³-hybridized carbons (Fsp3) is 0.238. The van der Waals surface area contributed by atoms with E-state index in [2.05, 4.69) is 26.9 Å². The lowest BCUT2D eigenvalue weighted by Crippen LogP contribution is -2.21. The van der Waals surface area contributed by atoms with Gasteiger partial charge in [0.25, 0.3) is 5.91 Å². The summed E-state index contributed by atoms with van der Waals surface area (Å²) in [4.78, 5) is 25.3. The molecule has 0 spiro atoms. The Hall–Kier alpha value is -3.68. The minimum atomic E-state index is -0.453. The van der Waals surface area contributed by atoms with Crippen LogP contribution in [0.5, 0.6) is 0 Å². The Balaban J connectivity index is 3.28. The first kappa shape index (κ1) is 23.4. The van der Waals surface area contributed by atoms with Crippen LogP contribution in [0.2, 0.25) is 0 Å². The topological polar surface area (TPSA) is 145 Å². The number of carbonyl (C=O) groups excluding carboxylic acids is 1. The summed E-state index contributed by atoms with van der Waals surface area (Å²) in [5.74, 6) is -0.330. The molecule has 1 aromatic rings. The van der Waals surface area contributed by atoms with Gasteiger partial charge in [0.1, 0.15) is 0 Å². The first-order chi connectivity index (χ1) is 13.8. The molecule has 0 bridgehead atoms. The van der Waals surface area contributed by atoms with Gasteiger partial charge >= 0.3 is 0 Å². The van der Waals surface area contributed by atoms with Crippen molar-refractivity contribution in [3.8, 4) is 0 Å². The molecule has 0 saturated heterocycles. The molecule has 0 fully saturated rings. The van der Waals surface area contributed by atoms with Gasteiger partial charge in [-0.2, -0.15) is 0 Å². The summed E-state index contributed by atoms with van der Waals surface area (Å²) in [5.41, 5.74) is 20.8. The minimum Gasteiger partial charge on any atom is -0.404 e.